The Balaban J connectivity index is 1.94. The molecule has 0 saturated carbocycles. The average Bonchev–Trinajstić information content (AvgIpc) is 2.39. The van der Waals surface area contributed by atoms with Crippen LogP contribution >= 0.6 is 0 Å². The minimum Gasteiger partial charge on any atom is -0.385 e. The number of piperidine rings is 1. The van der Waals surface area contributed by atoms with Crippen LogP contribution in [0.4, 0.5) is 0 Å². The second kappa shape index (κ2) is 10.7. The molecule has 0 aromatic rings. The molecule has 1 atom stereocenters. The Morgan fingerprint density at radius 1 is 1.22 bits per heavy atom. The molecule has 1 heterocycles. The normalized spacial score (nSPS) is 21.3. The van der Waals surface area contributed by atoms with Gasteiger partial charge in [-0.1, -0.05) is 0 Å². The minimum atomic E-state index is 0.824. The molecule has 1 aliphatic heterocycles. The lowest BCUT2D eigenvalue weighted by Crippen LogP contribution is -2.40. The second-order valence-corrected chi connectivity index (χ2v) is 5.18. The van der Waals surface area contributed by atoms with Crippen LogP contribution in [0, 0.1) is 5.92 Å². The second-order valence-electron chi connectivity index (χ2n) is 5.18. The number of ether oxygens (including phenoxy) is 2. The summed E-state index contributed by atoms with van der Waals surface area (Å²) in [6.07, 6.45) is 4.91. The topological polar surface area (TPSA) is 33.7 Å². The Bertz CT molecular complexity index is 189. The van der Waals surface area contributed by atoms with Crippen LogP contribution in [-0.2, 0) is 9.47 Å². The first kappa shape index (κ1) is 15.9. The van der Waals surface area contributed by atoms with Gasteiger partial charge in [0.15, 0.2) is 0 Å². The summed E-state index contributed by atoms with van der Waals surface area (Å²) in [4.78, 5) is 2.54. The van der Waals surface area contributed by atoms with Gasteiger partial charge in [0, 0.05) is 33.4 Å². The molecular formula is C14H30N2O2. The van der Waals surface area contributed by atoms with Crippen molar-refractivity contribution in [1.29, 1.82) is 0 Å². The van der Waals surface area contributed by atoms with Gasteiger partial charge in [-0.15, -0.1) is 0 Å². The van der Waals surface area contributed by atoms with Crippen molar-refractivity contribution in [3.05, 3.63) is 0 Å². The Hall–Kier alpha value is -0.160. The number of rotatable bonds is 10. The quantitative estimate of drug-likeness (QED) is 0.600. The molecule has 0 amide bonds. The van der Waals surface area contributed by atoms with E-state index in [-0.39, 0.29) is 0 Å². The fraction of sp³-hybridized carbons (Fsp3) is 1.00. The molecule has 1 aliphatic rings. The van der Waals surface area contributed by atoms with E-state index in [0.717, 1.165) is 51.7 Å². The number of methoxy groups -OCH3 is 1. The first-order valence-electron chi connectivity index (χ1n) is 7.30. The van der Waals surface area contributed by atoms with Gasteiger partial charge in [-0.2, -0.15) is 0 Å². The standard InChI is InChI=1S/C14H30N2O2/c1-15-12-14-6-5-7-16(13-14)8-11-18-10-4-3-9-17-2/h14-15H,3-13H2,1-2H3. The van der Waals surface area contributed by atoms with Gasteiger partial charge in [0.2, 0.25) is 0 Å². The van der Waals surface area contributed by atoms with Gasteiger partial charge >= 0.3 is 0 Å². The number of likely N-dealkylation sites (tertiary alicyclic amines) is 1. The number of nitrogens with one attached hydrogen (secondary N) is 1. The molecule has 0 aromatic heterocycles. The number of nitrogens with zero attached hydrogens (tertiary/aromatic N) is 1. The third kappa shape index (κ3) is 7.31. The van der Waals surface area contributed by atoms with Crippen molar-refractivity contribution in [2.45, 2.75) is 25.7 Å². The Morgan fingerprint density at radius 3 is 2.83 bits per heavy atom. The zero-order valence-corrected chi connectivity index (χ0v) is 12.1. The summed E-state index contributed by atoms with van der Waals surface area (Å²) in [7, 11) is 3.79. The largest absolute Gasteiger partial charge is 0.385 e. The minimum absolute atomic E-state index is 0.824. The molecular weight excluding hydrogens is 228 g/mol. The summed E-state index contributed by atoms with van der Waals surface area (Å²) in [5, 5.41) is 3.28. The molecule has 1 saturated heterocycles. The zero-order chi connectivity index (χ0) is 13.1. The molecule has 1 fully saturated rings. The van der Waals surface area contributed by atoms with E-state index in [0.29, 0.717) is 0 Å². The van der Waals surface area contributed by atoms with Crippen LogP contribution in [0.25, 0.3) is 0 Å². The van der Waals surface area contributed by atoms with Gasteiger partial charge in [-0.05, 0) is 51.7 Å². The Kier molecular flexibility index (Phi) is 9.48. The predicted molar refractivity (Wildman–Crippen MR) is 75.0 cm³/mol. The van der Waals surface area contributed by atoms with E-state index < -0.39 is 0 Å². The SMILES string of the molecule is CNCC1CCCN(CCOCCCCOC)C1. The molecule has 1 N–H and O–H groups in total. The van der Waals surface area contributed by atoms with Crippen LogP contribution in [0.2, 0.25) is 0 Å². The van der Waals surface area contributed by atoms with E-state index >= 15 is 0 Å². The summed E-state index contributed by atoms with van der Waals surface area (Å²) >= 11 is 0. The van der Waals surface area contributed by atoms with E-state index in [1.165, 1.54) is 25.9 Å². The van der Waals surface area contributed by atoms with Crippen LogP contribution in [0.15, 0.2) is 0 Å². The van der Waals surface area contributed by atoms with E-state index in [1.54, 1.807) is 7.11 Å². The summed E-state index contributed by atoms with van der Waals surface area (Å²) in [5.74, 6) is 0.824. The van der Waals surface area contributed by atoms with Crippen LogP contribution in [0.5, 0.6) is 0 Å². The van der Waals surface area contributed by atoms with Crippen molar-refractivity contribution in [3.8, 4) is 0 Å². The molecule has 1 rings (SSSR count). The van der Waals surface area contributed by atoms with Crippen molar-refractivity contribution in [2.24, 2.45) is 5.92 Å². The van der Waals surface area contributed by atoms with Crippen LogP contribution in [0.1, 0.15) is 25.7 Å². The molecule has 1 unspecified atom stereocenters. The molecule has 18 heavy (non-hydrogen) atoms. The van der Waals surface area contributed by atoms with Crippen molar-refractivity contribution in [3.63, 3.8) is 0 Å². The highest BCUT2D eigenvalue weighted by Gasteiger charge is 2.18. The maximum atomic E-state index is 5.67. The maximum absolute atomic E-state index is 5.67. The van der Waals surface area contributed by atoms with E-state index in [9.17, 15) is 0 Å². The van der Waals surface area contributed by atoms with Gasteiger partial charge in [0.25, 0.3) is 0 Å². The van der Waals surface area contributed by atoms with E-state index in [1.807, 2.05) is 7.05 Å². The third-order valence-corrected chi connectivity index (χ3v) is 3.53. The number of hydrogen-bond donors (Lipinski definition) is 1. The molecule has 0 spiro atoms. The van der Waals surface area contributed by atoms with Gasteiger partial charge in [0.1, 0.15) is 0 Å². The summed E-state index contributed by atoms with van der Waals surface area (Å²) in [6, 6.07) is 0. The highest BCUT2D eigenvalue weighted by atomic mass is 16.5. The highest BCUT2D eigenvalue weighted by Crippen LogP contribution is 2.15. The molecule has 0 aliphatic carbocycles. The van der Waals surface area contributed by atoms with Crippen molar-refractivity contribution in [2.75, 3.05) is 60.2 Å². The number of unbranched alkanes of at least 4 members (excludes halogenated alkanes) is 1. The molecule has 4 heteroatoms. The maximum Gasteiger partial charge on any atom is 0.0593 e. The summed E-state index contributed by atoms with van der Waals surface area (Å²) in [6.45, 7) is 7.30. The van der Waals surface area contributed by atoms with Gasteiger partial charge in [0.05, 0.1) is 6.61 Å². The van der Waals surface area contributed by atoms with Gasteiger partial charge in [-0.25, -0.2) is 0 Å². The van der Waals surface area contributed by atoms with E-state index in [4.69, 9.17) is 9.47 Å². The molecule has 0 aromatic carbocycles. The Morgan fingerprint density at radius 2 is 2.06 bits per heavy atom. The fourth-order valence-electron chi connectivity index (χ4n) is 2.56. The predicted octanol–water partition coefficient (Wildman–Crippen LogP) is 1.36. The highest BCUT2D eigenvalue weighted by molar-refractivity contribution is 4.73. The first-order chi connectivity index (χ1) is 8.86. The Labute approximate surface area is 112 Å². The van der Waals surface area contributed by atoms with Crippen LogP contribution < -0.4 is 5.32 Å². The first-order valence-corrected chi connectivity index (χ1v) is 7.30. The molecule has 0 bridgehead atoms. The molecule has 4 nitrogen and oxygen atoms in total. The molecule has 108 valence electrons. The van der Waals surface area contributed by atoms with Crippen LogP contribution in [0.3, 0.4) is 0 Å². The van der Waals surface area contributed by atoms with E-state index in [2.05, 4.69) is 10.2 Å². The summed E-state index contributed by atoms with van der Waals surface area (Å²) in [5.41, 5.74) is 0. The third-order valence-electron chi connectivity index (χ3n) is 3.53. The fourth-order valence-corrected chi connectivity index (χ4v) is 2.56. The van der Waals surface area contributed by atoms with Crippen molar-refractivity contribution < 1.29 is 9.47 Å². The van der Waals surface area contributed by atoms with Crippen molar-refractivity contribution >= 4 is 0 Å². The van der Waals surface area contributed by atoms with Gasteiger partial charge in [-0.3, -0.25) is 0 Å². The zero-order valence-electron chi connectivity index (χ0n) is 12.1. The van der Waals surface area contributed by atoms with Crippen molar-refractivity contribution in [1.82, 2.24) is 10.2 Å². The summed E-state index contributed by atoms with van der Waals surface area (Å²) < 4.78 is 10.7. The lowest BCUT2D eigenvalue weighted by Gasteiger charge is -2.32. The number of hydrogen-bond acceptors (Lipinski definition) is 4. The average molecular weight is 258 g/mol. The molecule has 0 radical (unpaired) electrons. The van der Waals surface area contributed by atoms with Gasteiger partial charge < -0.3 is 19.7 Å². The smallest absolute Gasteiger partial charge is 0.0593 e. The lowest BCUT2D eigenvalue weighted by atomic mass is 9.98. The lowest BCUT2D eigenvalue weighted by molar-refractivity contribution is 0.0793. The monoisotopic (exact) mass is 258 g/mol. The van der Waals surface area contributed by atoms with Crippen LogP contribution in [-0.4, -0.2) is 65.1 Å².